The molecular weight excluding hydrogens is 497 g/mol. The summed E-state index contributed by atoms with van der Waals surface area (Å²) in [5.74, 6) is -3.33. The van der Waals surface area contributed by atoms with Crippen LogP contribution in [0.2, 0.25) is 0 Å². The molecule has 1 atom stereocenters. The fraction of sp³-hybridized carbons (Fsp3) is 0.320. The summed E-state index contributed by atoms with van der Waals surface area (Å²) in [6.45, 7) is 1.17. The number of hydrogen-bond donors (Lipinski definition) is 2. The number of guanidine groups is 1. The molecule has 7 nitrogen and oxygen atoms in total. The van der Waals surface area contributed by atoms with Crippen molar-refractivity contribution in [1.29, 1.82) is 5.41 Å². The number of ether oxygens (including phenoxy) is 1. The number of rotatable bonds is 7. The predicted molar refractivity (Wildman–Crippen MR) is 126 cm³/mol. The van der Waals surface area contributed by atoms with Gasteiger partial charge in [0.1, 0.15) is 18.4 Å². The Hall–Kier alpha value is -3.96. The number of nitrogens with two attached hydrogens (primary N) is 1. The lowest BCUT2D eigenvalue weighted by Crippen LogP contribution is -2.35. The standard InChI is InChI=1S/C25H24F5N5O2/c1-24(26,27)17-9-6-15(7-10-17)4-3-13-36-20-11-8-16(14-18(20)25(28,29)30)21-33-22(37-34-21)19-5-2-12-35(19)23(31)32/h3-4,6-11,14,19H,2,5,12-13H2,1H3,(H3,31,32)/b4-3+/t19-/m0/s1. The fourth-order valence-corrected chi connectivity index (χ4v) is 4.03. The maximum atomic E-state index is 13.8. The van der Waals surface area contributed by atoms with Crippen LogP contribution in [0, 0.1) is 5.41 Å². The van der Waals surface area contributed by atoms with Crippen LogP contribution in [-0.2, 0) is 12.1 Å². The van der Waals surface area contributed by atoms with Crippen molar-refractivity contribution in [1.82, 2.24) is 15.0 Å². The zero-order chi connectivity index (χ0) is 26.8. The molecule has 0 unspecified atom stereocenters. The summed E-state index contributed by atoms with van der Waals surface area (Å²) in [5, 5.41) is 11.5. The highest BCUT2D eigenvalue weighted by molar-refractivity contribution is 5.75. The van der Waals surface area contributed by atoms with Gasteiger partial charge in [-0.15, -0.1) is 0 Å². The van der Waals surface area contributed by atoms with Gasteiger partial charge in [0, 0.05) is 24.6 Å². The van der Waals surface area contributed by atoms with E-state index in [1.165, 1.54) is 42.5 Å². The Morgan fingerprint density at radius 1 is 1.19 bits per heavy atom. The van der Waals surface area contributed by atoms with Gasteiger partial charge in [0.2, 0.25) is 11.7 Å². The quantitative estimate of drug-likeness (QED) is 0.225. The van der Waals surface area contributed by atoms with Crippen molar-refractivity contribution >= 4 is 12.0 Å². The first kappa shape index (κ1) is 26.1. The molecule has 1 aromatic heterocycles. The highest BCUT2D eigenvalue weighted by Crippen LogP contribution is 2.39. The van der Waals surface area contributed by atoms with E-state index >= 15 is 0 Å². The smallest absolute Gasteiger partial charge is 0.419 e. The third-order valence-electron chi connectivity index (χ3n) is 5.90. The monoisotopic (exact) mass is 521 g/mol. The van der Waals surface area contributed by atoms with Crippen molar-refractivity contribution in [3.05, 3.63) is 71.1 Å². The first-order valence-electron chi connectivity index (χ1n) is 11.4. The largest absolute Gasteiger partial charge is 0.489 e. The Kier molecular flexibility index (Phi) is 7.19. The molecule has 1 aliphatic rings. The normalized spacial score (nSPS) is 16.5. The lowest BCUT2D eigenvalue weighted by Gasteiger charge is -2.21. The minimum Gasteiger partial charge on any atom is -0.489 e. The molecule has 0 radical (unpaired) electrons. The second kappa shape index (κ2) is 10.2. The number of nitrogens with zero attached hydrogens (tertiary/aromatic N) is 3. The van der Waals surface area contributed by atoms with Crippen LogP contribution in [-0.4, -0.2) is 34.2 Å². The van der Waals surface area contributed by atoms with E-state index in [1.54, 1.807) is 11.0 Å². The molecule has 3 N–H and O–H groups in total. The van der Waals surface area contributed by atoms with Crippen LogP contribution in [0.5, 0.6) is 5.75 Å². The van der Waals surface area contributed by atoms with Gasteiger partial charge in [-0.05, 0) is 42.7 Å². The average molecular weight is 521 g/mol. The van der Waals surface area contributed by atoms with Gasteiger partial charge in [-0.3, -0.25) is 5.41 Å². The molecule has 1 aliphatic heterocycles. The molecule has 196 valence electrons. The molecule has 3 aromatic rings. The summed E-state index contributed by atoms with van der Waals surface area (Å²) in [7, 11) is 0. The summed E-state index contributed by atoms with van der Waals surface area (Å²) in [6.07, 6.45) is -0.265. The number of alkyl halides is 5. The first-order chi connectivity index (χ1) is 17.4. The van der Waals surface area contributed by atoms with Crippen molar-refractivity contribution < 1.29 is 31.2 Å². The van der Waals surface area contributed by atoms with E-state index in [0.717, 1.165) is 19.4 Å². The number of benzene rings is 2. The molecule has 0 spiro atoms. The minimum absolute atomic E-state index is 0.0246. The minimum atomic E-state index is -4.71. The van der Waals surface area contributed by atoms with Crippen molar-refractivity contribution in [3.63, 3.8) is 0 Å². The van der Waals surface area contributed by atoms with Gasteiger partial charge >= 0.3 is 6.18 Å². The SMILES string of the molecule is CC(F)(F)c1ccc(/C=C/COc2ccc(-c3noc([C@@H]4CCCN4C(=N)N)n3)cc2C(F)(F)F)cc1. The Balaban J connectivity index is 1.48. The molecule has 1 saturated heterocycles. The van der Waals surface area contributed by atoms with Crippen molar-refractivity contribution in [3.8, 4) is 17.1 Å². The maximum Gasteiger partial charge on any atom is 0.419 e. The molecule has 0 saturated carbocycles. The Bertz CT molecular complexity index is 1280. The number of halogens is 5. The fourth-order valence-electron chi connectivity index (χ4n) is 4.03. The lowest BCUT2D eigenvalue weighted by molar-refractivity contribution is -0.138. The summed E-state index contributed by atoms with van der Waals surface area (Å²) < 4.78 is 78.6. The van der Waals surface area contributed by atoms with Crippen LogP contribution in [0.4, 0.5) is 22.0 Å². The zero-order valence-electron chi connectivity index (χ0n) is 19.7. The highest BCUT2D eigenvalue weighted by Gasteiger charge is 2.36. The Morgan fingerprint density at radius 3 is 2.57 bits per heavy atom. The molecule has 0 aliphatic carbocycles. The summed E-state index contributed by atoms with van der Waals surface area (Å²) in [5.41, 5.74) is 5.12. The van der Waals surface area contributed by atoms with Gasteiger partial charge in [-0.1, -0.05) is 35.5 Å². The van der Waals surface area contributed by atoms with Crippen LogP contribution in [0.1, 0.15) is 48.4 Å². The zero-order valence-corrected chi connectivity index (χ0v) is 19.7. The van der Waals surface area contributed by atoms with Crippen LogP contribution >= 0.6 is 0 Å². The van der Waals surface area contributed by atoms with Gasteiger partial charge in [-0.2, -0.15) is 18.2 Å². The highest BCUT2D eigenvalue weighted by atomic mass is 19.4. The van der Waals surface area contributed by atoms with Gasteiger partial charge < -0.3 is 19.9 Å². The molecule has 1 fully saturated rings. The molecule has 0 amide bonds. The lowest BCUT2D eigenvalue weighted by atomic mass is 10.1. The molecule has 2 heterocycles. The number of hydrogen-bond acceptors (Lipinski definition) is 5. The van der Waals surface area contributed by atoms with Crippen LogP contribution < -0.4 is 10.5 Å². The van der Waals surface area contributed by atoms with E-state index in [1.807, 2.05) is 0 Å². The van der Waals surface area contributed by atoms with E-state index in [2.05, 4.69) is 10.1 Å². The third-order valence-corrected chi connectivity index (χ3v) is 5.90. The van der Waals surface area contributed by atoms with Crippen molar-refractivity contribution in [2.75, 3.05) is 13.2 Å². The van der Waals surface area contributed by atoms with Crippen molar-refractivity contribution in [2.24, 2.45) is 5.73 Å². The molecular formula is C25H24F5N5O2. The van der Waals surface area contributed by atoms with Gasteiger partial charge in [0.25, 0.3) is 5.92 Å². The molecule has 0 bridgehead atoms. The average Bonchev–Trinajstić information content (AvgIpc) is 3.51. The van der Waals surface area contributed by atoms with Gasteiger partial charge in [0.05, 0.1) is 5.56 Å². The van der Waals surface area contributed by atoms with E-state index in [-0.39, 0.29) is 41.2 Å². The van der Waals surface area contributed by atoms with E-state index in [4.69, 9.17) is 20.4 Å². The van der Waals surface area contributed by atoms with Gasteiger partial charge in [-0.25, -0.2) is 8.78 Å². The summed E-state index contributed by atoms with van der Waals surface area (Å²) in [4.78, 5) is 5.83. The number of likely N-dealkylation sites (tertiary alicyclic amines) is 1. The van der Waals surface area contributed by atoms with E-state index in [9.17, 15) is 22.0 Å². The van der Waals surface area contributed by atoms with Crippen LogP contribution in [0.25, 0.3) is 17.5 Å². The van der Waals surface area contributed by atoms with Crippen molar-refractivity contribution in [2.45, 2.75) is 37.9 Å². The Morgan fingerprint density at radius 2 is 1.92 bits per heavy atom. The second-order valence-electron chi connectivity index (χ2n) is 8.63. The van der Waals surface area contributed by atoms with E-state index in [0.29, 0.717) is 18.5 Å². The maximum absolute atomic E-state index is 13.8. The van der Waals surface area contributed by atoms with Gasteiger partial charge in [0.15, 0.2) is 5.96 Å². The molecule has 37 heavy (non-hydrogen) atoms. The second-order valence-corrected chi connectivity index (χ2v) is 8.63. The number of aromatic nitrogens is 2. The topological polar surface area (TPSA) is 101 Å². The summed E-state index contributed by atoms with van der Waals surface area (Å²) in [6, 6.07) is 8.60. The number of nitrogens with one attached hydrogen (secondary N) is 1. The van der Waals surface area contributed by atoms with Crippen LogP contribution in [0.15, 0.2) is 53.1 Å². The third kappa shape index (κ3) is 6.07. The molecule has 12 heteroatoms. The predicted octanol–water partition coefficient (Wildman–Crippen LogP) is 5.99. The molecule has 4 rings (SSSR count). The Labute approximate surface area is 209 Å². The molecule has 2 aromatic carbocycles. The van der Waals surface area contributed by atoms with E-state index < -0.39 is 23.7 Å². The summed E-state index contributed by atoms with van der Waals surface area (Å²) >= 11 is 0. The van der Waals surface area contributed by atoms with Crippen LogP contribution in [0.3, 0.4) is 0 Å². The first-order valence-corrected chi connectivity index (χ1v) is 11.4.